The Bertz CT molecular complexity index is 435. The van der Waals surface area contributed by atoms with E-state index in [2.05, 4.69) is 11.9 Å². The summed E-state index contributed by atoms with van der Waals surface area (Å²) >= 11 is 0. The number of hydrogen-bond acceptors (Lipinski definition) is 5. The van der Waals surface area contributed by atoms with Crippen LogP contribution < -0.4 is 11.1 Å². The van der Waals surface area contributed by atoms with Crippen molar-refractivity contribution >= 4 is 5.97 Å². The van der Waals surface area contributed by atoms with Crippen LogP contribution in [0.4, 0.5) is 0 Å². The highest BCUT2D eigenvalue weighted by Gasteiger charge is 2.64. The Balaban J connectivity index is 1.68. The molecule has 6 unspecified atom stereocenters. The molecule has 3 aliphatic rings. The number of esters is 1. The van der Waals surface area contributed by atoms with Crippen LogP contribution in [0.3, 0.4) is 0 Å². The van der Waals surface area contributed by atoms with Crippen LogP contribution in [-0.4, -0.2) is 30.0 Å². The van der Waals surface area contributed by atoms with Crippen molar-refractivity contribution in [2.75, 3.05) is 6.61 Å². The third kappa shape index (κ3) is 1.95. The molecular formula is C15H24N2O3. The topological polar surface area (TPSA) is 84.6 Å². The fraction of sp³-hybridized carbons (Fsp3) is 0.800. The molecule has 0 aromatic carbocycles. The van der Waals surface area contributed by atoms with E-state index in [-0.39, 0.29) is 23.3 Å². The van der Waals surface area contributed by atoms with Crippen LogP contribution in [0.5, 0.6) is 0 Å². The van der Waals surface area contributed by atoms with Crippen LogP contribution in [0.25, 0.3) is 0 Å². The average Bonchev–Trinajstić information content (AvgIpc) is 2.98. The molecule has 5 heteroatoms. The standard InChI is InChI=1S/C15H24N2O3/c1-8(17-9(2)18)5-11-10-6-12(13(11)16)15(7-10)3-4-20-14(15)19/h9-13,17-18H,1,3-7,16H2,2H3. The zero-order valence-electron chi connectivity index (χ0n) is 12.0. The van der Waals surface area contributed by atoms with Crippen LogP contribution >= 0.6 is 0 Å². The summed E-state index contributed by atoms with van der Waals surface area (Å²) in [5, 5.41) is 12.3. The molecule has 4 N–H and O–H groups in total. The largest absolute Gasteiger partial charge is 0.465 e. The summed E-state index contributed by atoms with van der Waals surface area (Å²) in [7, 11) is 0. The first-order chi connectivity index (χ1) is 9.44. The lowest BCUT2D eigenvalue weighted by Crippen LogP contribution is -2.48. The fourth-order valence-corrected chi connectivity index (χ4v) is 4.75. The third-order valence-electron chi connectivity index (χ3n) is 5.54. The highest BCUT2D eigenvalue weighted by atomic mass is 16.5. The van der Waals surface area contributed by atoms with Gasteiger partial charge in [0.15, 0.2) is 0 Å². The van der Waals surface area contributed by atoms with Crippen LogP contribution in [-0.2, 0) is 9.53 Å². The van der Waals surface area contributed by atoms with Gasteiger partial charge in [-0.15, -0.1) is 0 Å². The van der Waals surface area contributed by atoms with E-state index in [4.69, 9.17) is 10.5 Å². The minimum Gasteiger partial charge on any atom is -0.465 e. The maximum atomic E-state index is 12.1. The zero-order chi connectivity index (χ0) is 14.5. The maximum Gasteiger partial charge on any atom is 0.312 e. The summed E-state index contributed by atoms with van der Waals surface area (Å²) in [6, 6.07) is 0.0342. The van der Waals surface area contributed by atoms with E-state index in [9.17, 15) is 9.90 Å². The molecule has 2 aliphatic carbocycles. The number of carbonyl (C=O) groups is 1. The Hall–Kier alpha value is -1.07. The van der Waals surface area contributed by atoms with E-state index >= 15 is 0 Å². The number of hydrogen-bond donors (Lipinski definition) is 3. The van der Waals surface area contributed by atoms with Gasteiger partial charge in [-0.2, -0.15) is 0 Å². The van der Waals surface area contributed by atoms with Gasteiger partial charge in [0.1, 0.15) is 6.23 Å². The SMILES string of the molecule is C=C(CC1C2CC(C1N)C1(CCOC1=O)C2)NC(C)O. The Morgan fingerprint density at radius 2 is 2.45 bits per heavy atom. The molecule has 0 aromatic heterocycles. The summed E-state index contributed by atoms with van der Waals surface area (Å²) in [4.78, 5) is 12.1. The summed E-state index contributed by atoms with van der Waals surface area (Å²) in [5.41, 5.74) is 6.96. The number of fused-ring (bicyclic) bond motifs is 3. The number of aliphatic hydroxyl groups is 1. The van der Waals surface area contributed by atoms with Crippen molar-refractivity contribution in [1.29, 1.82) is 0 Å². The van der Waals surface area contributed by atoms with E-state index in [0.29, 0.717) is 18.4 Å². The van der Waals surface area contributed by atoms with Crippen LogP contribution in [0.1, 0.15) is 32.6 Å². The molecule has 1 spiro atoms. The van der Waals surface area contributed by atoms with Crippen LogP contribution in [0.15, 0.2) is 12.3 Å². The van der Waals surface area contributed by atoms with Crippen LogP contribution in [0.2, 0.25) is 0 Å². The normalized spacial score (nSPS) is 43.9. The highest BCUT2D eigenvalue weighted by molar-refractivity contribution is 5.80. The minimum atomic E-state index is -0.589. The first-order valence-corrected chi connectivity index (χ1v) is 7.49. The number of allylic oxidation sites excluding steroid dienone is 1. The van der Waals surface area contributed by atoms with Gasteiger partial charge in [0.05, 0.1) is 12.0 Å². The number of aliphatic hydroxyl groups excluding tert-OH is 1. The molecule has 1 aliphatic heterocycles. The number of carbonyl (C=O) groups excluding carboxylic acids is 1. The predicted octanol–water partition coefficient (Wildman–Crippen LogP) is 0.735. The third-order valence-corrected chi connectivity index (χ3v) is 5.54. The summed E-state index contributed by atoms with van der Waals surface area (Å²) in [6.07, 6.45) is 2.96. The van der Waals surface area contributed by atoms with E-state index in [0.717, 1.165) is 31.4 Å². The molecule has 2 saturated carbocycles. The average molecular weight is 280 g/mol. The first-order valence-electron chi connectivity index (χ1n) is 7.49. The second kappa shape index (κ2) is 4.74. The molecule has 2 bridgehead atoms. The van der Waals surface area contributed by atoms with Gasteiger partial charge < -0.3 is 20.9 Å². The van der Waals surface area contributed by atoms with Crippen molar-refractivity contribution in [2.45, 2.75) is 44.9 Å². The second-order valence-electron chi connectivity index (χ2n) is 6.72. The first kappa shape index (κ1) is 13.9. The zero-order valence-corrected chi connectivity index (χ0v) is 12.0. The van der Waals surface area contributed by atoms with Gasteiger partial charge in [-0.25, -0.2) is 0 Å². The lowest BCUT2D eigenvalue weighted by atomic mass is 9.66. The van der Waals surface area contributed by atoms with Crippen molar-refractivity contribution in [2.24, 2.45) is 28.9 Å². The summed E-state index contributed by atoms with van der Waals surface area (Å²) in [5.74, 6) is 1.07. The van der Waals surface area contributed by atoms with E-state index in [1.165, 1.54) is 0 Å². The number of cyclic esters (lactones) is 1. The van der Waals surface area contributed by atoms with Crippen LogP contribution in [0, 0.1) is 23.2 Å². The van der Waals surface area contributed by atoms with E-state index < -0.39 is 6.23 Å². The maximum absolute atomic E-state index is 12.1. The Morgan fingerprint density at radius 1 is 1.70 bits per heavy atom. The van der Waals surface area contributed by atoms with Crippen molar-refractivity contribution in [3.8, 4) is 0 Å². The molecule has 20 heavy (non-hydrogen) atoms. The number of nitrogens with one attached hydrogen (secondary N) is 1. The van der Waals surface area contributed by atoms with Gasteiger partial charge in [0, 0.05) is 11.7 Å². The molecule has 3 fully saturated rings. The molecule has 3 rings (SSSR count). The fourth-order valence-electron chi connectivity index (χ4n) is 4.75. The van der Waals surface area contributed by atoms with Gasteiger partial charge in [-0.3, -0.25) is 4.79 Å². The molecule has 0 amide bonds. The lowest BCUT2D eigenvalue weighted by molar-refractivity contribution is -0.149. The molecule has 0 aromatic rings. The smallest absolute Gasteiger partial charge is 0.312 e. The Kier molecular flexibility index (Phi) is 3.29. The summed E-state index contributed by atoms with van der Waals surface area (Å²) in [6.45, 7) is 6.19. The van der Waals surface area contributed by atoms with Crippen molar-refractivity contribution in [3.05, 3.63) is 12.3 Å². The molecule has 6 atom stereocenters. The predicted molar refractivity (Wildman–Crippen MR) is 74.3 cm³/mol. The molecule has 1 saturated heterocycles. The van der Waals surface area contributed by atoms with Crippen molar-refractivity contribution < 1.29 is 14.6 Å². The van der Waals surface area contributed by atoms with Crippen molar-refractivity contribution in [1.82, 2.24) is 5.32 Å². The van der Waals surface area contributed by atoms with Gasteiger partial charge >= 0.3 is 5.97 Å². The molecule has 1 heterocycles. The van der Waals surface area contributed by atoms with E-state index in [1.54, 1.807) is 6.92 Å². The molecule has 5 nitrogen and oxygen atoms in total. The second-order valence-corrected chi connectivity index (χ2v) is 6.72. The summed E-state index contributed by atoms with van der Waals surface area (Å²) < 4.78 is 5.20. The number of nitrogens with two attached hydrogens (primary N) is 1. The van der Waals surface area contributed by atoms with Gasteiger partial charge in [0.2, 0.25) is 0 Å². The highest BCUT2D eigenvalue weighted by Crippen LogP contribution is 2.62. The Morgan fingerprint density at radius 3 is 3.00 bits per heavy atom. The number of ether oxygens (including phenoxy) is 1. The molecule has 0 radical (unpaired) electrons. The monoisotopic (exact) mass is 280 g/mol. The van der Waals surface area contributed by atoms with Crippen molar-refractivity contribution in [3.63, 3.8) is 0 Å². The number of rotatable bonds is 4. The quantitative estimate of drug-likeness (QED) is 0.522. The van der Waals surface area contributed by atoms with Gasteiger partial charge in [0.25, 0.3) is 0 Å². The van der Waals surface area contributed by atoms with Gasteiger partial charge in [-0.1, -0.05) is 6.58 Å². The van der Waals surface area contributed by atoms with Gasteiger partial charge in [-0.05, 0) is 50.4 Å². The molecular weight excluding hydrogens is 256 g/mol. The molecule has 112 valence electrons. The minimum absolute atomic E-state index is 0.0279. The van der Waals surface area contributed by atoms with E-state index in [1.807, 2.05) is 0 Å². The Labute approximate surface area is 119 Å². The lowest BCUT2D eigenvalue weighted by Gasteiger charge is -2.38.